The molecule has 9 heteroatoms. The Kier molecular flexibility index (Phi) is 4.71. The van der Waals surface area contributed by atoms with Gasteiger partial charge in [0.25, 0.3) is 5.91 Å². The van der Waals surface area contributed by atoms with Crippen molar-refractivity contribution in [3.05, 3.63) is 24.0 Å². The zero-order valence-electron chi connectivity index (χ0n) is 15.1. The fourth-order valence-electron chi connectivity index (χ4n) is 3.72. The van der Waals surface area contributed by atoms with E-state index in [-0.39, 0.29) is 24.0 Å². The maximum atomic E-state index is 12.7. The van der Waals surface area contributed by atoms with E-state index >= 15 is 0 Å². The van der Waals surface area contributed by atoms with E-state index in [0.717, 1.165) is 50.9 Å². The molecule has 2 heterocycles. The van der Waals surface area contributed by atoms with Gasteiger partial charge in [-0.05, 0) is 51.4 Å². The van der Waals surface area contributed by atoms with Gasteiger partial charge in [-0.1, -0.05) is 5.21 Å². The molecule has 0 aliphatic heterocycles. The zero-order valence-corrected chi connectivity index (χ0v) is 15.1. The predicted octanol–water partition coefficient (Wildman–Crippen LogP) is 1.21. The SMILES string of the molecule is CCn1ncnc1C(NC(=O)c1cn(C2CCC(N)CC2)nn1)C1CC1. The third-order valence-electron chi connectivity index (χ3n) is 5.46. The average molecular weight is 358 g/mol. The molecule has 26 heavy (non-hydrogen) atoms. The van der Waals surface area contributed by atoms with Crippen molar-refractivity contribution in [1.29, 1.82) is 0 Å². The number of carbonyl (C=O) groups excluding carboxylic acids is 1. The molecule has 4 rings (SSSR count). The fraction of sp³-hybridized carbons (Fsp3) is 0.706. The summed E-state index contributed by atoms with van der Waals surface area (Å²) in [6, 6.07) is 0.446. The summed E-state index contributed by atoms with van der Waals surface area (Å²) in [4.78, 5) is 17.1. The zero-order chi connectivity index (χ0) is 18.1. The molecule has 9 nitrogen and oxygen atoms in total. The molecular weight excluding hydrogens is 332 g/mol. The van der Waals surface area contributed by atoms with Crippen LogP contribution in [0.2, 0.25) is 0 Å². The summed E-state index contributed by atoms with van der Waals surface area (Å²) in [6.07, 6.45) is 9.43. The Bertz CT molecular complexity index is 756. The number of amides is 1. The summed E-state index contributed by atoms with van der Waals surface area (Å²) in [5.41, 5.74) is 6.32. The van der Waals surface area contributed by atoms with Gasteiger partial charge in [-0.15, -0.1) is 5.10 Å². The van der Waals surface area contributed by atoms with Crippen LogP contribution in [0.15, 0.2) is 12.5 Å². The van der Waals surface area contributed by atoms with Gasteiger partial charge < -0.3 is 11.1 Å². The van der Waals surface area contributed by atoms with E-state index < -0.39 is 0 Å². The van der Waals surface area contributed by atoms with Crippen LogP contribution in [-0.4, -0.2) is 41.7 Å². The number of aryl methyl sites for hydroxylation is 1. The van der Waals surface area contributed by atoms with Crippen LogP contribution in [-0.2, 0) is 6.54 Å². The smallest absolute Gasteiger partial charge is 0.274 e. The van der Waals surface area contributed by atoms with Crippen molar-refractivity contribution in [2.45, 2.75) is 70.1 Å². The fourth-order valence-corrected chi connectivity index (χ4v) is 3.72. The summed E-state index contributed by atoms with van der Waals surface area (Å²) in [5.74, 6) is 1.03. The van der Waals surface area contributed by atoms with E-state index in [1.807, 2.05) is 16.3 Å². The van der Waals surface area contributed by atoms with Crippen LogP contribution in [0.3, 0.4) is 0 Å². The molecule has 140 valence electrons. The lowest BCUT2D eigenvalue weighted by Crippen LogP contribution is -2.32. The lowest BCUT2D eigenvalue weighted by atomic mass is 9.92. The molecule has 2 fully saturated rings. The van der Waals surface area contributed by atoms with E-state index in [4.69, 9.17) is 5.73 Å². The Hall–Kier alpha value is -2.29. The van der Waals surface area contributed by atoms with Gasteiger partial charge in [0, 0.05) is 12.6 Å². The third kappa shape index (κ3) is 3.48. The molecule has 2 aromatic rings. The average Bonchev–Trinajstić information content (AvgIpc) is 3.18. The first kappa shape index (κ1) is 17.1. The first-order chi connectivity index (χ1) is 12.7. The molecular formula is C17H26N8O. The predicted molar refractivity (Wildman–Crippen MR) is 94.1 cm³/mol. The van der Waals surface area contributed by atoms with Gasteiger partial charge in [-0.25, -0.2) is 14.3 Å². The minimum absolute atomic E-state index is 0.122. The Morgan fingerprint density at radius 1 is 1.31 bits per heavy atom. The molecule has 0 radical (unpaired) electrons. The summed E-state index contributed by atoms with van der Waals surface area (Å²) < 4.78 is 3.66. The largest absolute Gasteiger partial charge is 0.340 e. The van der Waals surface area contributed by atoms with E-state index in [0.29, 0.717) is 11.6 Å². The van der Waals surface area contributed by atoms with Crippen molar-refractivity contribution < 1.29 is 4.79 Å². The highest BCUT2D eigenvalue weighted by atomic mass is 16.2. The van der Waals surface area contributed by atoms with Gasteiger partial charge in [-0.2, -0.15) is 5.10 Å². The number of nitrogens with zero attached hydrogens (tertiary/aromatic N) is 6. The van der Waals surface area contributed by atoms with Gasteiger partial charge >= 0.3 is 0 Å². The normalized spacial score (nSPS) is 24.4. The number of rotatable bonds is 6. The highest BCUT2D eigenvalue weighted by Crippen LogP contribution is 2.40. The number of nitrogens with two attached hydrogens (primary N) is 1. The van der Waals surface area contributed by atoms with Crippen LogP contribution >= 0.6 is 0 Å². The van der Waals surface area contributed by atoms with Gasteiger partial charge in [0.1, 0.15) is 12.2 Å². The molecule has 2 saturated carbocycles. The topological polar surface area (TPSA) is 117 Å². The molecule has 0 saturated heterocycles. The van der Waals surface area contributed by atoms with Crippen LogP contribution in [0.1, 0.15) is 73.8 Å². The Labute approximate surface area is 152 Å². The number of nitrogens with one attached hydrogen (secondary N) is 1. The highest BCUT2D eigenvalue weighted by Gasteiger charge is 2.37. The molecule has 2 aliphatic carbocycles. The molecule has 1 unspecified atom stereocenters. The van der Waals surface area contributed by atoms with Crippen molar-refractivity contribution in [3.63, 3.8) is 0 Å². The minimum Gasteiger partial charge on any atom is -0.340 e. The molecule has 1 amide bonds. The van der Waals surface area contributed by atoms with Gasteiger partial charge in [0.15, 0.2) is 5.69 Å². The van der Waals surface area contributed by atoms with Crippen LogP contribution < -0.4 is 11.1 Å². The van der Waals surface area contributed by atoms with Crippen molar-refractivity contribution >= 4 is 5.91 Å². The van der Waals surface area contributed by atoms with Gasteiger partial charge in [0.05, 0.1) is 18.3 Å². The van der Waals surface area contributed by atoms with Gasteiger partial charge in [0.2, 0.25) is 0 Å². The van der Waals surface area contributed by atoms with Crippen LogP contribution in [0.5, 0.6) is 0 Å². The van der Waals surface area contributed by atoms with E-state index in [2.05, 4.69) is 25.7 Å². The second-order valence-electron chi connectivity index (χ2n) is 7.37. The number of carbonyl (C=O) groups is 1. The molecule has 0 aromatic carbocycles. The minimum atomic E-state index is -0.202. The number of hydrogen-bond donors (Lipinski definition) is 2. The molecule has 2 aliphatic rings. The lowest BCUT2D eigenvalue weighted by molar-refractivity contribution is 0.0923. The second kappa shape index (κ2) is 7.14. The molecule has 0 bridgehead atoms. The van der Waals surface area contributed by atoms with Crippen LogP contribution in [0, 0.1) is 5.92 Å². The first-order valence-corrected chi connectivity index (χ1v) is 9.51. The van der Waals surface area contributed by atoms with Crippen LogP contribution in [0.4, 0.5) is 0 Å². The summed E-state index contributed by atoms with van der Waals surface area (Å²) in [7, 11) is 0. The number of aromatic nitrogens is 6. The van der Waals surface area contributed by atoms with Gasteiger partial charge in [-0.3, -0.25) is 4.79 Å². The van der Waals surface area contributed by atoms with E-state index in [9.17, 15) is 4.79 Å². The van der Waals surface area contributed by atoms with Crippen molar-refractivity contribution in [3.8, 4) is 0 Å². The molecule has 2 aromatic heterocycles. The molecule has 3 N–H and O–H groups in total. The summed E-state index contributed by atoms with van der Waals surface area (Å²) in [5, 5.41) is 15.6. The first-order valence-electron chi connectivity index (χ1n) is 9.51. The molecule has 0 spiro atoms. The lowest BCUT2D eigenvalue weighted by Gasteiger charge is -2.25. The molecule has 1 atom stereocenters. The van der Waals surface area contributed by atoms with E-state index in [1.54, 1.807) is 12.5 Å². The Morgan fingerprint density at radius 3 is 2.77 bits per heavy atom. The Morgan fingerprint density at radius 2 is 2.08 bits per heavy atom. The third-order valence-corrected chi connectivity index (χ3v) is 5.46. The maximum Gasteiger partial charge on any atom is 0.274 e. The van der Waals surface area contributed by atoms with Crippen molar-refractivity contribution in [1.82, 2.24) is 35.1 Å². The Balaban J connectivity index is 1.45. The van der Waals surface area contributed by atoms with E-state index in [1.165, 1.54) is 0 Å². The van der Waals surface area contributed by atoms with Crippen molar-refractivity contribution in [2.24, 2.45) is 11.7 Å². The summed E-state index contributed by atoms with van der Waals surface area (Å²) in [6.45, 7) is 2.75. The second-order valence-corrected chi connectivity index (χ2v) is 7.37. The standard InChI is InChI=1S/C17H26N8O/c1-2-24-16(19-10-20-24)15(11-3-4-11)21-17(26)14-9-25(23-22-14)13-7-5-12(18)6-8-13/h9-13,15H,2-8,18H2,1H3,(H,21,26). The quantitative estimate of drug-likeness (QED) is 0.802. The van der Waals surface area contributed by atoms with Crippen LogP contribution in [0.25, 0.3) is 0 Å². The monoisotopic (exact) mass is 358 g/mol. The number of hydrogen-bond acceptors (Lipinski definition) is 6. The van der Waals surface area contributed by atoms with Crippen molar-refractivity contribution in [2.75, 3.05) is 0 Å². The maximum absolute atomic E-state index is 12.7. The highest BCUT2D eigenvalue weighted by molar-refractivity contribution is 5.92. The summed E-state index contributed by atoms with van der Waals surface area (Å²) >= 11 is 0.